The molecule has 0 aromatic heterocycles. The third-order valence-corrected chi connectivity index (χ3v) is 6.72. The topological polar surface area (TPSA) is 83.6 Å². The summed E-state index contributed by atoms with van der Waals surface area (Å²) >= 11 is 0. The monoisotopic (exact) mass is 332 g/mol. The van der Waals surface area contributed by atoms with Crippen LogP contribution in [0.5, 0.6) is 0 Å². The summed E-state index contributed by atoms with van der Waals surface area (Å²) in [7, 11) is 0. The van der Waals surface area contributed by atoms with Crippen molar-refractivity contribution >= 4 is 11.9 Å². The first kappa shape index (κ1) is 17.2. The van der Waals surface area contributed by atoms with Crippen molar-refractivity contribution < 1.29 is 14.7 Å². The van der Waals surface area contributed by atoms with Gasteiger partial charge in [-0.1, -0.05) is 38.5 Å². The van der Waals surface area contributed by atoms with Gasteiger partial charge in [0.05, 0.1) is 6.04 Å². The van der Waals surface area contributed by atoms with E-state index in [9.17, 15) is 14.7 Å². The van der Waals surface area contributed by atoms with Crippen molar-refractivity contribution in [3.8, 4) is 0 Å². The van der Waals surface area contributed by atoms with Crippen LogP contribution >= 0.6 is 0 Å². The Bertz CT molecular complexity index is 581. The first-order valence-corrected chi connectivity index (χ1v) is 8.93. The molecule has 5 heteroatoms. The summed E-state index contributed by atoms with van der Waals surface area (Å²) in [4.78, 5) is 26.6. The summed E-state index contributed by atoms with van der Waals surface area (Å²) in [5.74, 6) is -0.574. The molecule has 1 saturated heterocycles. The molecule has 0 unspecified atom stereocenters. The zero-order valence-electron chi connectivity index (χ0n) is 14.5. The molecule has 0 aromatic carbocycles. The van der Waals surface area contributed by atoms with Crippen LogP contribution in [0, 0.1) is 29.1 Å². The smallest absolute Gasteiger partial charge is 0.326 e. The van der Waals surface area contributed by atoms with E-state index in [1.807, 2.05) is 6.92 Å². The summed E-state index contributed by atoms with van der Waals surface area (Å²) in [6.07, 6.45) is 8.79. The molecule has 3 aliphatic rings. The van der Waals surface area contributed by atoms with Gasteiger partial charge in [-0.3, -0.25) is 4.79 Å². The van der Waals surface area contributed by atoms with Gasteiger partial charge in [-0.05, 0) is 30.6 Å². The summed E-state index contributed by atoms with van der Waals surface area (Å²) in [5.41, 5.74) is 5.94. The molecule has 3 N–H and O–H groups in total. The highest BCUT2D eigenvalue weighted by molar-refractivity contribution is 5.89. The van der Waals surface area contributed by atoms with Gasteiger partial charge in [0.15, 0.2) is 0 Å². The average Bonchev–Trinajstić information content (AvgIpc) is 2.91. The van der Waals surface area contributed by atoms with E-state index >= 15 is 0 Å². The molecular weight excluding hydrogens is 304 g/mol. The number of allylic oxidation sites excluding steroid dienone is 2. The van der Waals surface area contributed by atoms with Gasteiger partial charge < -0.3 is 15.7 Å². The summed E-state index contributed by atoms with van der Waals surface area (Å²) < 4.78 is 0. The van der Waals surface area contributed by atoms with E-state index in [1.54, 1.807) is 11.0 Å². The number of amides is 1. The van der Waals surface area contributed by atoms with Crippen LogP contribution in [0.25, 0.3) is 0 Å². The molecule has 1 amide bonds. The van der Waals surface area contributed by atoms with Crippen LogP contribution in [-0.2, 0) is 9.59 Å². The lowest BCUT2D eigenvalue weighted by Crippen LogP contribution is -2.57. The number of nitrogens with two attached hydrogens (primary N) is 1. The van der Waals surface area contributed by atoms with Gasteiger partial charge >= 0.3 is 5.97 Å². The van der Waals surface area contributed by atoms with Crippen molar-refractivity contribution in [1.82, 2.24) is 4.90 Å². The molecule has 1 aliphatic heterocycles. The highest BCUT2D eigenvalue weighted by Gasteiger charge is 2.54. The molecular formula is C19H28N2O3. The van der Waals surface area contributed by atoms with Crippen molar-refractivity contribution in [2.45, 2.75) is 45.2 Å². The number of aliphatic carboxylic acids is 1. The van der Waals surface area contributed by atoms with Crippen LogP contribution < -0.4 is 5.73 Å². The second-order valence-electron chi connectivity index (χ2n) is 7.89. The molecule has 0 radical (unpaired) electrons. The van der Waals surface area contributed by atoms with Crippen molar-refractivity contribution in [2.24, 2.45) is 34.8 Å². The van der Waals surface area contributed by atoms with Gasteiger partial charge in [0.25, 0.3) is 0 Å². The molecule has 2 fully saturated rings. The van der Waals surface area contributed by atoms with E-state index in [4.69, 9.17) is 5.73 Å². The fourth-order valence-electron chi connectivity index (χ4n) is 4.90. The Hall–Kier alpha value is -1.62. The van der Waals surface area contributed by atoms with E-state index in [0.29, 0.717) is 6.54 Å². The van der Waals surface area contributed by atoms with Gasteiger partial charge in [0, 0.05) is 17.9 Å². The number of carboxylic acid groups (broad SMARTS) is 1. The van der Waals surface area contributed by atoms with E-state index in [0.717, 1.165) is 19.3 Å². The molecule has 0 spiro atoms. The normalized spacial score (nSPS) is 38.1. The van der Waals surface area contributed by atoms with Gasteiger partial charge in [0.2, 0.25) is 5.91 Å². The molecule has 24 heavy (non-hydrogen) atoms. The molecule has 1 heterocycles. The lowest BCUT2D eigenvalue weighted by Gasteiger charge is -2.44. The average molecular weight is 332 g/mol. The van der Waals surface area contributed by atoms with Crippen molar-refractivity contribution in [3.05, 3.63) is 24.8 Å². The van der Waals surface area contributed by atoms with Crippen LogP contribution in [0.2, 0.25) is 0 Å². The molecule has 3 rings (SSSR count). The SMILES string of the molecule is C=CC1([C@H](N)C(=O)N2C[C@H]3[C@H]([C@H](C)C=C[C@@H]3C)[C@H]2C(=O)O)CCC1. The zero-order valence-corrected chi connectivity index (χ0v) is 14.5. The minimum atomic E-state index is -0.918. The fourth-order valence-corrected chi connectivity index (χ4v) is 4.90. The van der Waals surface area contributed by atoms with E-state index in [-0.39, 0.29) is 35.0 Å². The van der Waals surface area contributed by atoms with Gasteiger partial charge in [-0.2, -0.15) is 0 Å². The maximum atomic E-state index is 13.1. The van der Waals surface area contributed by atoms with Crippen LogP contribution in [0.15, 0.2) is 24.8 Å². The molecule has 5 nitrogen and oxygen atoms in total. The summed E-state index contributed by atoms with van der Waals surface area (Å²) in [6, 6.07) is -1.47. The second kappa shape index (κ2) is 6.03. The van der Waals surface area contributed by atoms with Crippen LogP contribution in [0.4, 0.5) is 0 Å². The Labute approximate surface area is 143 Å². The molecule has 6 atom stereocenters. The predicted molar refractivity (Wildman–Crippen MR) is 92.0 cm³/mol. The summed E-state index contributed by atoms with van der Waals surface area (Å²) in [6.45, 7) is 8.49. The predicted octanol–water partition coefficient (Wildman–Crippen LogP) is 2.04. The third kappa shape index (κ3) is 2.41. The Kier molecular flexibility index (Phi) is 4.32. The minimum absolute atomic E-state index is 0.0419. The maximum absolute atomic E-state index is 13.1. The summed E-state index contributed by atoms with van der Waals surface area (Å²) in [5, 5.41) is 9.81. The largest absolute Gasteiger partial charge is 0.480 e. The second-order valence-corrected chi connectivity index (χ2v) is 7.89. The number of carbonyl (C=O) groups excluding carboxylic acids is 1. The number of nitrogens with zero attached hydrogens (tertiary/aromatic N) is 1. The van der Waals surface area contributed by atoms with E-state index < -0.39 is 18.1 Å². The molecule has 0 aromatic rings. The highest BCUT2D eigenvalue weighted by atomic mass is 16.4. The van der Waals surface area contributed by atoms with Gasteiger partial charge in [0.1, 0.15) is 6.04 Å². The van der Waals surface area contributed by atoms with Crippen LogP contribution in [0.1, 0.15) is 33.1 Å². The van der Waals surface area contributed by atoms with Crippen molar-refractivity contribution in [3.63, 3.8) is 0 Å². The number of rotatable bonds is 4. The molecule has 0 bridgehead atoms. The maximum Gasteiger partial charge on any atom is 0.326 e. The number of hydrogen-bond acceptors (Lipinski definition) is 3. The van der Waals surface area contributed by atoms with Crippen LogP contribution in [-0.4, -0.2) is 40.5 Å². The standard InChI is InChI=1S/C19H28N2O3/c1-4-19(8-5-9-19)16(20)17(22)21-10-13-11(2)6-7-12(3)14(13)15(21)18(23)24/h4,6-7,11-16H,1,5,8-10,20H2,2-3H3,(H,23,24)/t11-,12+,13+,14-,15-,16+/m0/s1. The first-order valence-electron chi connectivity index (χ1n) is 8.93. The number of carbonyl (C=O) groups is 2. The number of carboxylic acids is 1. The zero-order chi connectivity index (χ0) is 17.6. The van der Waals surface area contributed by atoms with Crippen molar-refractivity contribution in [2.75, 3.05) is 6.54 Å². The van der Waals surface area contributed by atoms with E-state index in [2.05, 4.69) is 25.7 Å². The lowest BCUT2D eigenvalue weighted by molar-refractivity contribution is -0.152. The molecule has 1 saturated carbocycles. The third-order valence-electron chi connectivity index (χ3n) is 6.72. The highest BCUT2D eigenvalue weighted by Crippen LogP contribution is 2.47. The Morgan fingerprint density at radius 1 is 1.33 bits per heavy atom. The molecule has 2 aliphatic carbocycles. The van der Waals surface area contributed by atoms with Gasteiger partial charge in [-0.25, -0.2) is 4.79 Å². The minimum Gasteiger partial charge on any atom is -0.480 e. The Balaban J connectivity index is 1.88. The lowest BCUT2D eigenvalue weighted by atomic mass is 9.64. The van der Waals surface area contributed by atoms with Gasteiger partial charge in [-0.15, -0.1) is 6.58 Å². The number of likely N-dealkylation sites (tertiary alicyclic amines) is 1. The first-order chi connectivity index (χ1) is 11.3. The van der Waals surface area contributed by atoms with Crippen molar-refractivity contribution in [1.29, 1.82) is 0 Å². The number of fused-ring (bicyclic) bond motifs is 1. The Morgan fingerprint density at radius 3 is 2.46 bits per heavy atom. The number of hydrogen-bond donors (Lipinski definition) is 2. The fraction of sp³-hybridized carbons (Fsp3) is 0.684. The quantitative estimate of drug-likeness (QED) is 0.772. The van der Waals surface area contributed by atoms with Crippen LogP contribution in [0.3, 0.4) is 0 Å². The Morgan fingerprint density at radius 2 is 1.96 bits per heavy atom. The molecule has 132 valence electrons. The van der Waals surface area contributed by atoms with E-state index in [1.165, 1.54) is 0 Å².